The van der Waals surface area contributed by atoms with Crippen molar-refractivity contribution in [2.75, 3.05) is 0 Å². The zero-order valence-corrected chi connectivity index (χ0v) is 20.9. The second-order valence-electron chi connectivity index (χ2n) is 10.4. The van der Waals surface area contributed by atoms with Gasteiger partial charge in [-0.05, 0) is 17.8 Å². The third kappa shape index (κ3) is 20.7. The smallest absolute Gasteiger partial charge is 0.0417 e. The first-order valence-corrected chi connectivity index (χ1v) is 13.6. The summed E-state index contributed by atoms with van der Waals surface area (Å²) in [6, 6.07) is 0. The highest BCUT2D eigenvalue weighted by molar-refractivity contribution is 4.63. The molecule has 0 heteroatoms. The van der Waals surface area contributed by atoms with Crippen molar-refractivity contribution in [3.63, 3.8) is 0 Å². The van der Waals surface area contributed by atoms with E-state index in [2.05, 4.69) is 34.6 Å². The first kappa shape index (κ1) is 28.0. The third-order valence-corrected chi connectivity index (χ3v) is 6.93. The van der Waals surface area contributed by atoms with Gasteiger partial charge in [-0.1, -0.05) is 163 Å². The van der Waals surface area contributed by atoms with E-state index in [1.54, 1.807) is 0 Å². The second kappa shape index (κ2) is 21.7. The fourth-order valence-corrected chi connectivity index (χ4v) is 4.43. The van der Waals surface area contributed by atoms with Crippen LogP contribution in [0.4, 0.5) is 0 Å². The van der Waals surface area contributed by atoms with E-state index in [0.29, 0.717) is 0 Å². The number of hydrogen-bond acceptors (Lipinski definition) is 0. The van der Waals surface area contributed by atoms with E-state index in [4.69, 9.17) is 0 Å². The molecule has 0 heterocycles. The van der Waals surface area contributed by atoms with Gasteiger partial charge in [-0.2, -0.15) is 0 Å². The van der Waals surface area contributed by atoms with Crippen LogP contribution in [0.5, 0.6) is 0 Å². The van der Waals surface area contributed by atoms with E-state index in [-0.39, 0.29) is 0 Å². The normalized spacial score (nSPS) is 13.9. The SMILES string of the molecule is CCCCCCCCCCC(C)C(C)CCCCCCCCCCCC(C)C. The molecular weight excluding hydrogens is 336 g/mol. The molecule has 0 bridgehead atoms. The van der Waals surface area contributed by atoms with Gasteiger partial charge < -0.3 is 0 Å². The molecule has 2 unspecified atom stereocenters. The van der Waals surface area contributed by atoms with E-state index < -0.39 is 0 Å². The summed E-state index contributed by atoms with van der Waals surface area (Å²) >= 11 is 0. The van der Waals surface area contributed by atoms with Crippen LogP contribution in [0.25, 0.3) is 0 Å². The molecule has 28 heavy (non-hydrogen) atoms. The van der Waals surface area contributed by atoms with Gasteiger partial charge in [0.1, 0.15) is 0 Å². The van der Waals surface area contributed by atoms with Crippen LogP contribution in [-0.2, 0) is 0 Å². The van der Waals surface area contributed by atoms with Crippen molar-refractivity contribution >= 4 is 0 Å². The molecule has 0 amide bonds. The minimum atomic E-state index is 0.894. The monoisotopic (exact) mass is 394 g/mol. The molecule has 0 saturated heterocycles. The molecule has 0 nitrogen and oxygen atoms in total. The highest BCUT2D eigenvalue weighted by atomic mass is 14.2. The minimum Gasteiger partial charge on any atom is -0.0654 e. The molecule has 0 aliphatic carbocycles. The first-order chi connectivity index (χ1) is 13.6. The zero-order valence-electron chi connectivity index (χ0n) is 20.9. The van der Waals surface area contributed by atoms with Crippen LogP contribution >= 0.6 is 0 Å². The molecule has 0 fully saturated rings. The molecule has 0 radical (unpaired) electrons. The van der Waals surface area contributed by atoms with Crippen molar-refractivity contribution in [2.24, 2.45) is 17.8 Å². The Kier molecular flexibility index (Phi) is 21.7. The van der Waals surface area contributed by atoms with Gasteiger partial charge in [0.15, 0.2) is 0 Å². The molecule has 0 N–H and O–H groups in total. The standard InChI is InChI=1S/C28H58/c1-6-7-8-9-10-15-18-21-24-27(4)28(5)25-22-19-16-13-11-12-14-17-20-23-26(2)3/h26-28H,6-25H2,1-5H3. The number of unbranched alkanes of at least 4 members (excludes halogenated alkanes) is 15. The molecule has 0 aromatic rings. The highest BCUT2D eigenvalue weighted by Crippen LogP contribution is 2.24. The Balaban J connectivity index is 3.31. The van der Waals surface area contributed by atoms with E-state index in [1.807, 2.05) is 0 Å². The van der Waals surface area contributed by atoms with E-state index >= 15 is 0 Å². The van der Waals surface area contributed by atoms with E-state index in [9.17, 15) is 0 Å². The average Bonchev–Trinajstić information content (AvgIpc) is 2.67. The van der Waals surface area contributed by atoms with Crippen molar-refractivity contribution < 1.29 is 0 Å². The quantitative estimate of drug-likeness (QED) is 0.160. The summed E-state index contributed by atoms with van der Waals surface area (Å²) in [6.07, 6.45) is 29.2. The first-order valence-electron chi connectivity index (χ1n) is 13.6. The summed E-state index contributed by atoms with van der Waals surface area (Å²) in [4.78, 5) is 0. The lowest BCUT2D eigenvalue weighted by atomic mass is 9.86. The predicted octanol–water partition coefficient (Wildman–Crippen LogP) is 10.7. The molecule has 0 rings (SSSR count). The predicted molar refractivity (Wildman–Crippen MR) is 131 cm³/mol. The van der Waals surface area contributed by atoms with Crippen LogP contribution in [-0.4, -0.2) is 0 Å². The molecule has 0 spiro atoms. The molecule has 0 aromatic carbocycles. The lowest BCUT2D eigenvalue weighted by molar-refractivity contribution is 0.322. The number of hydrogen-bond donors (Lipinski definition) is 0. The lowest BCUT2D eigenvalue weighted by Crippen LogP contribution is -2.08. The van der Waals surface area contributed by atoms with E-state index in [1.165, 1.54) is 128 Å². The molecular formula is C28H58. The summed E-state index contributed by atoms with van der Waals surface area (Å²) in [7, 11) is 0. The minimum absolute atomic E-state index is 0.894. The average molecular weight is 395 g/mol. The van der Waals surface area contributed by atoms with Gasteiger partial charge in [0.2, 0.25) is 0 Å². The maximum absolute atomic E-state index is 2.51. The van der Waals surface area contributed by atoms with Crippen LogP contribution in [0.3, 0.4) is 0 Å². The van der Waals surface area contributed by atoms with Crippen LogP contribution in [0, 0.1) is 17.8 Å². The summed E-state index contributed by atoms with van der Waals surface area (Å²) in [6.45, 7) is 12.0. The Hall–Kier alpha value is 0. The Morgan fingerprint density at radius 1 is 0.357 bits per heavy atom. The summed E-state index contributed by atoms with van der Waals surface area (Å²) in [5.74, 6) is 2.77. The second-order valence-corrected chi connectivity index (χ2v) is 10.4. The zero-order chi connectivity index (χ0) is 20.9. The van der Waals surface area contributed by atoms with Gasteiger partial charge in [0.05, 0.1) is 0 Å². The Labute approximate surface area is 181 Å². The van der Waals surface area contributed by atoms with E-state index in [0.717, 1.165) is 17.8 Å². The van der Waals surface area contributed by atoms with Crippen molar-refractivity contribution in [3.8, 4) is 0 Å². The molecule has 2 atom stereocenters. The van der Waals surface area contributed by atoms with Crippen LogP contribution in [0.1, 0.15) is 163 Å². The van der Waals surface area contributed by atoms with Crippen molar-refractivity contribution in [1.82, 2.24) is 0 Å². The van der Waals surface area contributed by atoms with Crippen molar-refractivity contribution in [1.29, 1.82) is 0 Å². The summed E-state index contributed by atoms with van der Waals surface area (Å²) in [5, 5.41) is 0. The van der Waals surface area contributed by atoms with Crippen molar-refractivity contribution in [2.45, 2.75) is 163 Å². The summed E-state index contributed by atoms with van der Waals surface area (Å²) in [5.41, 5.74) is 0. The van der Waals surface area contributed by atoms with Crippen LogP contribution in [0.15, 0.2) is 0 Å². The Bertz CT molecular complexity index is 280. The Morgan fingerprint density at radius 2 is 0.643 bits per heavy atom. The fraction of sp³-hybridized carbons (Fsp3) is 1.00. The van der Waals surface area contributed by atoms with Crippen LogP contribution in [0.2, 0.25) is 0 Å². The van der Waals surface area contributed by atoms with Gasteiger partial charge >= 0.3 is 0 Å². The lowest BCUT2D eigenvalue weighted by Gasteiger charge is -2.19. The highest BCUT2D eigenvalue weighted by Gasteiger charge is 2.11. The topological polar surface area (TPSA) is 0 Å². The number of rotatable bonds is 22. The van der Waals surface area contributed by atoms with Gasteiger partial charge in [-0.15, -0.1) is 0 Å². The largest absolute Gasteiger partial charge is 0.0654 e. The molecule has 170 valence electrons. The van der Waals surface area contributed by atoms with Gasteiger partial charge in [-0.3, -0.25) is 0 Å². The van der Waals surface area contributed by atoms with Gasteiger partial charge in [0, 0.05) is 0 Å². The maximum Gasteiger partial charge on any atom is -0.0417 e. The molecule has 0 saturated carbocycles. The van der Waals surface area contributed by atoms with Gasteiger partial charge in [0.25, 0.3) is 0 Å². The molecule has 0 aromatic heterocycles. The molecule has 0 aliphatic rings. The summed E-state index contributed by atoms with van der Waals surface area (Å²) < 4.78 is 0. The third-order valence-electron chi connectivity index (χ3n) is 6.93. The van der Waals surface area contributed by atoms with Crippen molar-refractivity contribution in [3.05, 3.63) is 0 Å². The Morgan fingerprint density at radius 3 is 0.964 bits per heavy atom. The van der Waals surface area contributed by atoms with Crippen LogP contribution < -0.4 is 0 Å². The molecule has 0 aliphatic heterocycles. The van der Waals surface area contributed by atoms with Gasteiger partial charge in [-0.25, -0.2) is 0 Å². The fourth-order valence-electron chi connectivity index (χ4n) is 4.43. The maximum atomic E-state index is 2.51.